The lowest BCUT2D eigenvalue weighted by Gasteiger charge is -2.27. The molecule has 4 nitrogen and oxygen atoms in total. The standard InChI is InChI=1S/C29H38N4/c1-23-8-7-11-25(16-23)19-32-15-14-26-12-5-6-13-28(26)29(21-32)31-18-27-17-30-22-33(27)20-24-9-3-2-4-10-24/h5-8,11-13,16-17,22,24,29,31H,2-4,9-10,14-15,18-21H2,1H3. The molecular weight excluding hydrogens is 404 g/mol. The third-order valence-corrected chi connectivity index (χ3v) is 7.57. The van der Waals surface area contributed by atoms with E-state index in [2.05, 4.69) is 81.4 Å². The van der Waals surface area contributed by atoms with Crippen LogP contribution in [0.2, 0.25) is 0 Å². The molecule has 0 bridgehead atoms. The van der Waals surface area contributed by atoms with Gasteiger partial charge in [-0.25, -0.2) is 4.98 Å². The van der Waals surface area contributed by atoms with Gasteiger partial charge in [-0.05, 0) is 48.8 Å². The number of hydrogen-bond acceptors (Lipinski definition) is 3. The van der Waals surface area contributed by atoms with E-state index in [1.807, 2.05) is 6.33 Å². The van der Waals surface area contributed by atoms with E-state index >= 15 is 0 Å². The van der Waals surface area contributed by atoms with Gasteiger partial charge in [-0.2, -0.15) is 0 Å². The van der Waals surface area contributed by atoms with E-state index < -0.39 is 0 Å². The topological polar surface area (TPSA) is 33.1 Å². The Bertz CT molecular complexity index is 1030. The minimum Gasteiger partial charge on any atom is -0.333 e. The number of benzene rings is 2. The van der Waals surface area contributed by atoms with Crippen LogP contribution in [0.15, 0.2) is 61.1 Å². The maximum Gasteiger partial charge on any atom is 0.0948 e. The normalized spacial score (nSPS) is 19.8. The molecule has 174 valence electrons. The molecule has 3 aromatic rings. The van der Waals surface area contributed by atoms with Crippen LogP contribution in [0.1, 0.15) is 66.1 Å². The molecule has 0 spiro atoms. The zero-order chi connectivity index (χ0) is 22.5. The molecule has 0 radical (unpaired) electrons. The van der Waals surface area contributed by atoms with Crippen molar-refractivity contribution in [2.24, 2.45) is 5.92 Å². The highest BCUT2D eigenvalue weighted by atomic mass is 15.2. The summed E-state index contributed by atoms with van der Waals surface area (Å²) < 4.78 is 2.40. The number of nitrogens with one attached hydrogen (secondary N) is 1. The summed E-state index contributed by atoms with van der Waals surface area (Å²) >= 11 is 0. The van der Waals surface area contributed by atoms with E-state index in [1.165, 1.54) is 60.1 Å². The van der Waals surface area contributed by atoms with Gasteiger partial charge in [-0.15, -0.1) is 0 Å². The number of aromatic nitrogens is 2. The number of hydrogen-bond donors (Lipinski definition) is 1. The Labute approximate surface area is 199 Å². The lowest BCUT2D eigenvalue weighted by atomic mass is 9.89. The SMILES string of the molecule is Cc1cccc(CN2CCc3ccccc3C(NCc3cncn3CC3CCCCC3)C2)c1. The van der Waals surface area contributed by atoms with Crippen molar-refractivity contribution in [1.82, 2.24) is 19.8 Å². The van der Waals surface area contributed by atoms with Crippen LogP contribution in [0.25, 0.3) is 0 Å². The van der Waals surface area contributed by atoms with Crippen LogP contribution in [-0.4, -0.2) is 27.5 Å². The zero-order valence-electron chi connectivity index (χ0n) is 20.0. The monoisotopic (exact) mass is 442 g/mol. The number of fused-ring (bicyclic) bond motifs is 1. The largest absolute Gasteiger partial charge is 0.333 e. The second-order valence-corrected chi connectivity index (χ2v) is 10.1. The Hall–Kier alpha value is -2.43. The van der Waals surface area contributed by atoms with Gasteiger partial charge < -0.3 is 9.88 Å². The second-order valence-electron chi connectivity index (χ2n) is 10.1. The molecule has 33 heavy (non-hydrogen) atoms. The van der Waals surface area contributed by atoms with E-state index in [4.69, 9.17) is 0 Å². The van der Waals surface area contributed by atoms with Crippen LogP contribution < -0.4 is 5.32 Å². The molecule has 1 N–H and O–H groups in total. The van der Waals surface area contributed by atoms with Crippen LogP contribution >= 0.6 is 0 Å². The smallest absolute Gasteiger partial charge is 0.0948 e. The summed E-state index contributed by atoms with van der Waals surface area (Å²) in [5.41, 5.74) is 7.00. The predicted molar refractivity (Wildman–Crippen MR) is 135 cm³/mol. The van der Waals surface area contributed by atoms with Gasteiger partial charge >= 0.3 is 0 Å². The molecule has 1 aromatic heterocycles. The Morgan fingerprint density at radius 2 is 1.91 bits per heavy atom. The molecule has 0 saturated heterocycles. The zero-order valence-corrected chi connectivity index (χ0v) is 20.0. The Morgan fingerprint density at radius 1 is 1.03 bits per heavy atom. The maximum absolute atomic E-state index is 4.51. The molecule has 1 atom stereocenters. The van der Waals surface area contributed by atoms with Gasteiger partial charge in [0.2, 0.25) is 0 Å². The van der Waals surface area contributed by atoms with Gasteiger partial charge in [-0.3, -0.25) is 4.90 Å². The minimum absolute atomic E-state index is 0.325. The van der Waals surface area contributed by atoms with Gasteiger partial charge in [0, 0.05) is 45.0 Å². The summed E-state index contributed by atoms with van der Waals surface area (Å²) in [6, 6.07) is 18.3. The number of rotatable bonds is 7. The number of aryl methyl sites for hydroxylation is 1. The summed E-state index contributed by atoms with van der Waals surface area (Å²) in [4.78, 5) is 7.12. The first-order chi connectivity index (χ1) is 16.2. The van der Waals surface area contributed by atoms with Crippen molar-refractivity contribution in [2.75, 3.05) is 13.1 Å². The molecule has 1 aliphatic heterocycles. The molecule has 2 aliphatic rings. The van der Waals surface area contributed by atoms with Crippen LogP contribution in [-0.2, 0) is 26.1 Å². The fourth-order valence-electron chi connectivity index (χ4n) is 5.75. The average molecular weight is 443 g/mol. The van der Waals surface area contributed by atoms with Crippen molar-refractivity contribution in [3.8, 4) is 0 Å². The van der Waals surface area contributed by atoms with E-state index in [9.17, 15) is 0 Å². The third-order valence-electron chi connectivity index (χ3n) is 7.57. The van der Waals surface area contributed by atoms with Gasteiger partial charge in [0.1, 0.15) is 0 Å². The molecule has 1 aliphatic carbocycles. The van der Waals surface area contributed by atoms with Gasteiger partial charge in [0.15, 0.2) is 0 Å². The van der Waals surface area contributed by atoms with Gasteiger partial charge in [0.05, 0.1) is 12.0 Å². The third kappa shape index (κ3) is 5.74. The Morgan fingerprint density at radius 3 is 2.79 bits per heavy atom. The van der Waals surface area contributed by atoms with E-state index in [-0.39, 0.29) is 0 Å². The Kier molecular flexibility index (Phi) is 7.23. The lowest BCUT2D eigenvalue weighted by Crippen LogP contribution is -2.34. The molecule has 0 amide bonds. The summed E-state index contributed by atoms with van der Waals surface area (Å²) in [7, 11) is 0. The van der Waals surface area contributed by atoms with E-state index in [1.54, 1.807) is 0 Å². The van der Waals surface area contributed by atoms with Crippen molar-refractivity contribution in [2.45, 2.75) is 71.1 Å². The van der Waals surface area contributed by atoms with Gasteiger partial charge in [0.25, 0.3) is 0 Å². The minimum atomic E-state index is 0.325. The lowest BCUT2D eigenvalue weighted by molar-refractivity contribution is 0.244. The van der Waals surface area contributed by atoms with Crippen LogP contribution in [0.3, 0.4) is 0 Å². The van der Waals surface area contributed by atoms with Crippen molar-refractivity contribution in [1.29, 1.82) is 0 Å². The summed E-state index contributed by atoms with van der Waals surface area (Å²) in [6.45, 7) is 7.31. The summed E-state index contributed by atoms with van der Waals surface area (Å²) in [6.07, 6.45) is 12.1. The fraction of sp³-hybridized carbons (Fsp3) is 0.483. The molecular formula is C29H38N4. The molecule has 1 saturated carbocycles. The first-order valence-electron chi connectivity index (χ1n) is 12.8. The maximum atomic E-state index is 4.51. The highest BCUT2D eigenvalue weighted by Crippen LogP contribution is 2.27. The Balaban J connectivity index is 1.29. The fourth-order valence-corrected chi connectivity index (χ4v) is 5.75. The summed E-state index contributed by atoms with van der Waals surface area (Å²) in [5, 5.41) is 3.92. The molecule has 2 aromatic carbocycles. The van der Waals surface area contributed by atoms with E-state index in [0.717, 1.165) is 45.1 Å². The predicted octanol–water partition coefficient (Wildman–Crippen LogP) is 5.66. The van der Waals surface area contributed by atoms with Crippen LogP contribution in [0.5, 0.6) is 0 Å². The number of imidazole rings is 1. The highest BCUT2D eigenvalue weighted by Gasteiger charge is 2.23. The molecule has 4 heteroatoms. The molecule has 1 fully saturated rings. The van der Waals surface area contributed by atoms with Crippen LogP contribution in [0.4, 0.5) is 0 Å². The number of nitrogens with zero attached hydrogens (tertiary/aromatic N) is 3. The van der Waals surface area contributed by atoms with Crippen LogP contribution in [0, 0.1) is 12.8 Å². The first kappa shape index (κ1) is 22.4. The second kappa shape index (κ2) is 10.7. The van der Waals surface area contributed by atoms with E-state index in [0.29, 0.717) is 6.04 Å². The van der Waals surface area contributed by atoms with Crippen molar-refractivity contribution in [3.05, 3.63) is 89.0 Å². The molecule has 2 heterocycles. The molecule has 1 unspecified atom stereocenters. The quantitative estimate of drug-likeness (QED) is 0.512. The summed E-state index contributed by atoms with van der Waals surface area (Å²) in [5.74, 6) is 0.815. The highest BCUT2D eigenvalue weighted by molar-refractivity contribution is 5.32. The molecule has 5 rings (SSSR count). The first-order valence-corrected chi connectivity index (χ1v) is 12.8. The average Bonchev–Trinajstić information content (AvgIpc) is 3.19. The van der Waals surface area contributed by atoms with Crippen molar-refractivity contribution < 1.29 is 0 Å². The van der Waals surface area contributed by atoms with Crippen molar-refractivity contribution in [3.63, 3.8) is 0 Å². The van der Waals surface area contributed by atoms with Crippen molar-refractivity contribution >= 4 is 0 Å². The van der Waals surface area contributed by atoms with Gasteiger partial charge in [-0.1, -0.05) is 73.4 Å².